The van der Waals surface area contributed by atoms with E-state index in [1.807, 2.05) is 5.43 Å². The zero-order chi connectivity index (χ0) is 20.9. The van der Waals surface area contributed by atoms with Crippen LogP contribution in [0.25, 0.3) is 0 Å². The zero-order valence-corrected chi connectivity index (χ0v) is 16.3. The lowest BCUT2D eigenvalue weighted by molar-refractivity contribution is -0.138. The number of halogens is 1. The SMILES string of the molecule is CC[C@@]1(C)NC(=O)N(NC(=O)CS(=O)(=O)CCCOc2ccc(F)cc2)C1=O. The van der Waals surface area contributed by atoms with Gasteiger partial charge in [0.15, 0.2) is 9.84 Å². The van der Waals surface area contributed by atoms with E-state index in [9.17, 15) is 27.2 Å². The molecule has 0 radical (unpaired) electrons. The van der Waals surface area contributed by atoms with Crippen molar-refractivity contribution < 1.29 is 31.9 Å². The van der Waals surface area contributed by atoms with Crippen LogP contribution in [0, 0.1) is 5.82 Å². The number of amides is 4. The van der Waals surface area contributed by atoms with Gasteiger partial charge in [-0.2, -0.15) is 5.01 Å². The summed E-state index contributed by atoms with van der Waals surface area (Å²) in [6, 6.07) is 4.46. The van der Waals surface area contributed by atoms with Crippen LogP contribution in [0.1, 0.15) is 26.7 Å². The fourth-order valence-electron chi connectivity index (χ4n) is 2.45. The molecule has 0 aliphatic carbocycles. The van der Waals surface area contributed by atoms with Crippen LogP contribution in [0.3, 0.4) is 0 Å². The smallest absolute Gasteiger partial charge is 0.344 e. The van der Waals surface area contributed by atoms with Gasteiger partial charge in [0, 0.05) is 0 Å². The first-order valence-electron chi connectivity index (χ1n) is 8.61. The van der Waals surface area contributed by atoms with E-state index in [1.54, 1.807) is 6.92 Å². The fraction of sp³-hybridized carbons (Fsp3) is 0.471. The third kappa shape index (κ3) is 5.41. The molecule has 0 bridgehead atoms. The van der Waals surface area contributed by atoms with Crippen LogP contribution in [0.5, 0.6) is 5.75 Å². The summed E-state index contributed by atoms with van der Waals surface area (Å²) in [4.78, 5) is 36.0. The van der Waals surface area contributed by atoms with E-state index in [-0.39, 0.29) is 18.8 Å². The molecule has 0 aromatic heterocycles. The lowest BCUT2D eigenvalue weighted by atomic mass is 10.00. The molecule has 1 heterocycles. The highest BCUT2D eigenvalue weighted by molar-refractivity contribution is 7.92. The molecule has 9 nitrogen and oxygen atoms in total. The topological polar surface area (TPSA) is 122 Å². The summed E-state index contributed by atoms with van der Waals surface area (Å²) < 4.78 is 42.2. The molecule has 1 aliphatic rings. The highest BCUT2D eigenvalue weighted by Gasteiger charge is 2.47. The minimum atomic E-state index is -3.77. The van der Waals surface area contributed by atoms with Gasteiger partial charge < -0.3 is 10.1 Å². The Kier molecular flexibility index (Phi) is 6.60. The van der Waals surface area contributed by atoms with E-state index < -0.39 is 44.8 Å². The Morgan fingerprint density at radius 1 is 1.29 bits per heavy atom. The maximum Gasteiger partial charge on any atom is 0.344 e. The summed E-state index contributed by atoms with van der Waals surface area (Å²) in [5, 5.41) is 2.94. The first-order chi connectivity index (χ1) is 13.1. The summed E-state index contributed by atoms with van der Waals surface area (Å²) in [6.45, 7) is 3.27. The quantitative estimate of drug-likeness (QED) is 0.454. The molecule has 28 heavy (non-hydrogen) atoms. The van der Waals surface area contributed by atoms with Crippen LogP contribution in [0.15, 0.2) is 24.3 Å². The maximum atomic E-state index is 12.8. The van der Waals surface area contributed by atoms with Crippen LogP contribution >= 0.6 is 0 Å². The van der Waals surface area contributed by atoms with Crippen LogP contribution in [-0.4, -0.2) is 54.9 Å². The van der Waals surface area contributed by atoms with Crippen molar-refractivity contribution in [3.05, 3.63) is 30.1 Å². The van der Waals surface area contributed by atoms with Gasteiger partial charge in [0.2, 0.25) is 0 Å². The van der Waals surface area contributed by atoms with Crippen LogP contribution in [0.4, 0.5) is 9.18 Å². The number of hydrazine groups is 1. The van der Waals surface area contributed by atoms with Crippen molar-refractivity contribution in [2.45, 2.75) is 32.2 Å². The van der Waals surface area contributed by atoms with E-state index in [4.69, 9.17) is 4.74 Å². The Morgan fingerprint density at radius 2 is 1.93 bits per heavy atom. The Labute approximate surface area is 162 Å². The predicted molar refractivity (Wildman–Crippen MR) is 97.4 cm³/mol. The number of sulfone groups is 1. The van der Waals surface area contributed by atoms with Gasteiger partial charge >= 0.3 is 6.03 Å². The Morgan fingerprint density at radius 3 is 2.50 bits per heavy atom. The van der Waals surface area contributed by atoms with Gasteiger partial charge in [-0.3, -0.25) is 15.0 Å². The highest BCUT2D eigenvalue weighted by Crippen LogP contribution is 2.19. The van der Waals surface area contributed by atoms with Crippen LogP contribution in [0.2, 0.25) is 0 Å². The summed E-state index contributed by atoms with van der Waals surface area (Å²) in [7, 11) is -3.77. The Bertz CT molecular complexity index is 858. The van der Waals surface area contributed by atoms with Gasteiger partial charge in [0.25, 0.3) is 11.8 Å². The molecule has 1 aromatic rings. The number of urea groups is 1. The van der Waals surface area contributed by atoms with Crippen molar-refractivity contribution in [2.75, 3.05) is 18.1 Å². The van der Waals surface area contributed by atoms with Crippen molar-refractivity contribution in [1.29, 1.82) is 0 Å². The summed E-state index contributed by atoms with van der Waals surface area (Å²) in [6.07, 6.45) is 0.431. The number of carbonyl (C=O) groups excluding carboxylic acids is 3. The standard InChI is InChI=1S/C17H22FN3O6S/c1-3-17(2)15(23)21(16(24)19-17)20-14(22)11-28(25,26)10-4-9-27-13-7-5-12(18)6-8-13/h5-8H,3-4,9-11H2,1-2H3,(H,19,24)(H,20,22)/t17-/m1/s1. The van der Waals surface area contributed by atoms with Gasteiger partial charge in [-0.15, -0.1) is 0 Å². The minimum Gasteiger partial charge on any atom is -0.494 e. The average molecular weight is 415 g/mol. The van der Waals surface area contributed by atoms with Crippen LogP contribution in [-0.2, 0) is 19.4 Å². The molecule has 2 rings (SSSR count). The first kappa shape index (κ1) is 21.6. The number of benzene rings is 1. The highest BCUT2D eigenvalue weighted by atomic mass is 32.2. The van der Waals surface area contributed by atoms with E-state index in [0.717, 1.165) is 0 Å². The number of nitrogens with one attached hydrogen (secondary N) is 2. The molecular weight excluding hydrogens is 393 g/mol. The van der Waals surface area contributed by atoms with E-state index >= 15 is 0 Å². The predicted octanol–water partition coefficient (Wildman–Crippen LogP) is 0.761. The number of carbonyl (C=O) groups is 3. The van der Waals surface area contributed by atoms with E-state index in [1.165, 1.54) is 31.2 Å². The van der Waals surface area contributed by atoms with E-state index in [0.29, 0.717) is 17.2 Å². The molecule has 2 N–H and O–H groups in total. The second kappa shape index (κ2) is 8.55. The molecule has 1 aliphatic heterocycles. The minimum absolute atomic E-state index is 0.0638. The van der Waals surface area contributed by atoms with Crippen molar-refractivity contribution in [3.63, 3.8) is 0 Å². The number of rotatable bonds is 9. The number of nitrogens with zero attached hydrogens (tertiary/aromatic N) is 1. The molecule has 1 saturated heterocycles. The average Bonchev–Trinajstić information content (AvgIpc) is 2.83. The molecule has 1 fully saturated rings. The number of hydrogen-bond acceptors (Lipinski definition) is 6. The lowest BCUT2D eigenvalue weighted by Gasteiger charge is -2.19. The third-order valence-electron chi connectivity index (χ3n) is 4.24. The molecule has 1 atom stereocenters. The van der Waals surface area contributed by atoms with Crippen molar-refractivity contribution in [1.82, 2.24) is 15.8 Å². The van der Waals surface area contributed by atoms with Crippen molar-refractivity contribution in [2.24, 2.45) is 0 Å². The Hall–Kier alpha value is -2.69. The molecule has 0 spiro atoms. The second-order valence-electron chi connectivity index (χ2n) is 6.54. The van der Waals surface area contributed by atoms with Gasteiger partial charge in [-0.25, -0.2) is 17.6 Å². The third-order valence-corrected chi connectivity index (χ3v) is 5.85. The van der Waals surface area contributed by atoms with Crippen LogP contribution < -0.4 is 15.5 Å². The summed E-state index contributed by atoms with van der Waals surface area (Å²) in [5.74, 6) is -2.85. The van der Waals surface area contributed by atoms with E-state index in [2.05, 4.69) is 5.32 Å². The van der Waals surface area contributed by atoms with Crippen molar-refractivity contribution >= 4 is 27.7 Å². The van der Waals surface area contributed by atoms with Gasteiger partial charge in [-0.1, -0.05) is 6.92 Å². The number of hydrogen-bond donors (Lipinski definition) is 2. The molecule has 0 saturated carbocycles. The normalized spacial score (nSPS) is 19.5. The zero-order valence-electron chi connectivity index (χ0n) is 15.5. The molecular formula is C17H22FN3O6S. The largest absolute Gasteiger partial charge is 0.494 e. The lowest BCUT2D eigenvalue weighted by Crippen LogP contribution is -2.50. The summed E-state index contributed by atoms with van der Waals surface area (Å²) >= 11 is 0. The molecule has 11 heteroatoms. The molecule has 154 valence electrons. The number of imide groups is 1. The molecule has 4 amide bonds. The monoisotopic (exact) mass is 415 g/mol. The van der Waals surface area contributed by atoms with Gasteiger partial charge in [0.1, 0.15) is 22.9 Å². The van der Waals surface area contributed by atoms with Gasteiger partial charge in [-0.05, 0) is 44.0 Å². The second-order valence-corrected chi connectivity index (χ2v) is 8.72. The molecule has 1 aromatic carbocycles. The fourth-order valence-corrected chi connectivity index (χ4v) is 3.62. The Balaban J connectivity index is 1.80. The first-order valence-corrected chi connectivity index (χ1v) is 10.4. The van der Waals surface area contributed by atoms with Crippen molar-refractivity contribution in [3.8, 4) is 5.75 Å². The summed E-state index contributed by atoms with van der Waals surface area (Å²) in [5.41, 5.74) is 0.894. The molecule has 0 unspecified atom stereocenters. The number of ether oxygens (including phenoxy) is 1. The maximum absolute atomic E-state index is 12.8. The van der Waals surface area contributed by atoms with Gasteiger partial charge in [0.05, 0.1) is 12.4 Å².